The molecule has 0 amide bonds. The number of hydrogen-bond donors (Lipinski definition) is 1. The molecule has 4 heteroatoms. The lowest BCUT2D eigenvalue weighted by Gasteiger charge is -2.22. The summed E-state index contributed by atoms with van der Waals surface area (Å²) in [4.78, 5) is 11.9. The molecule has 94 valence electrons. The first-order valence-corrected chi connectivity index (χ1v) is 7.03. The Balaban J connectivity index is 2.00. The number of hydrogen-bond acceptors (Lipinski definition) is 2. The van der Waals surface area contributed by atoms with Crippen LogP contribution in [0.1, 0.15) is 24.8 Å². The number of nitrogens with zero attached hydrogens (tertiary/aromatic N) is 1. The average molecular weight is 299 g/mol. The van der Waals surface area contributed by atoms with Crippen molar-refractivity contribution in [1.82, 2.24) is 9.88 Å². The highest BCUT2D eigenvalue weighted by Crippen LogP contribution is 2.17. The average Bonchev–Trinajstić information content (AvgIpc) is 2.33. The van der Waals surface area contributed by atoms with E-state index in [2.05, 4.69) is 21.2 Å². The second kappa shape index (κ2) is 5.83. The quantitative estimate of drug-likeness (QED) is 0.929. The predicted molar refractivity (Wildman–Crippen MR) is 73.3 cm³/mol. The van der Waals surface area contributed by atoms with Gasteiger partial charge in [0.2, 0.25) is 0 Å². The van der Waals surface area contributed by atoms with Gasteiger partial charge in [-0.3, -0.25) is 4.79 Å². The monoisotopic (exact) mass is 298 g/mol. The molecule has 0 saturated carbocycles. The highest BCUT2D eigenvalue weighted by Gasteiger charge is 2.13. The number of halogens is 1. The third-order valence-corrected chi connectivity index (χ3v) is 3.90. The van der Waals surface area contributed by atoms with Crippen LogP contribution in [-0.2, 0) is 6.54 Å². The largest absolute Gasteiger partial charge is 0.317 e. The van der Waals surface area contributed by atoms with E-state index in [0.717, 1.165) is 42.0 Å². The lowest BCUT2D eigenvalue weighted by molar-refractivity contribution is 0.336. The molecule has 1 saturated heterocycles. The van der Waals surface area contributed by atoms with Crippen LogP contribution in [0.5, 0.6) is 0 Å². The van der Waals surface area contributed by atoms with Gasteiger partial charge in [-0.05, 0) is 67.2 Å². The highest BCUT2D eigenvalue weighted by atomic mass is 79.9. The molecule has 1 aromatic rings. The zero-order chi connectivity index (χ0) is 12.3. The molecule has 0 radical (unpaired) electrons. The van der Waals surface area contributed by atoms with E-state index >= 15 is 0 Å². The van der Waals surface area contributed by atoms with Crippen LogP contribution in [0.15, 0.2) is 21.5 Å². The van der Waals surface area contributed by atoms with Gasteiger partial charge in [0.05, 0.1) is 0 Å². The summed E-state index contributed by atoms with van der Waals surface area (Å²) in [6.07, 6.45) is 5.48. The molecule has 2 heterocycles. The molecule has 1 aliphatic heterocycles. The van der Waals surface area contributed by atoms with Gasteiger partial charge in [-0.25, -0.2) is 0 Å². The maximum atomic E-state index is 11.9. The standard InChI is InChI=1S/C13H19BrN2O/c1-10-8-12(14)9-16(13(10)17)7-4-11-2-5-15-6-3-11/h8-9,11,15H,2-7H2,1H3. The molecule has 0 aromatic carbocycles. The van der Waals surface area contributed by atoms with Crippen molar-refractivity contribution in [3.63, 3.8) is 0 Å². The minimum Gasteiger partial charge on any atom is -0.317 e. The van der Waals surface area contributed by atoms with E-state index in [9.17, 15) is 4.79 Å². The molecule has 1 aromatic heterocycles. The van der Waals surface area contributed by atoms with E-state index in [-0.39, 0.29) is 5.56 Å². The fraction of sp³-hybridized carbons (Fsp3) is 0.615. The van der Waals surface area contributed by atoms with Gasteiger partial charge in [0, 0.05) is 22.8 Å². The summed E-state index contributed by atoms with van der Waals surface area (Å²) in [5.74, 6) is 0.766. The molecule has 0 bridgehead atoms. The first-order chi connectivity index (χ1) is 8.16. The van der Waals surface area contributed by atoms with Crippen molar-refractivity contribution in [2.24, 2.45) is 5.92 Å². The summed E-state index contributed by atoms with van der Waals surface area (Å²) in [6, 6.07) is 1.88. The van der Waals surface area contributed by atoms with E-state index in [1.165, 1.54) is 12.8 Å². The van der Waals surface area contributed by atoms with Crippen molar-refractivity contribution >= 4 is 15.9 Å². The number of aryl methyl sites for hydroxylation is 2. The van der Waals surface area contributed by atoms with Crippen molar-refractivity contribution in [2.45, 2.75) is 32.7 Å². The maximum Gasteiger partial charge on any atom is 0.253 e. The molecular formula is C13H19BrN2O. The Morgan fingerprint density at radius 3 is 2.88 bits per heavy atom. The molecule has 1 fully saturated rings. The molecule has 0 aliphatic carbocycles. The number of rotatable bonds is 3. The molecule has 0 atom stereocenters. The van der Waals surface area contributed by atoms with Gasteiger partial charge in [0.25, 0.3) is 5.56 Å². The van der Waals surface area contributed by atoms with Gasteiger partial charge in [0.15, 0.2) is 0 Å². The Labute approximate surface area is 110 Å². The second-order valence-electron chi connectivity index (χ2n) is 4.82. The molecule has 0 unspecified atom stereocenters. The summed E-state index contributed by atoms with van der Waals surface area (Å²) >= 11 is 3.44. The van der Waals surface area contributed by atoms with Crippen molar-refractivity contribution in [2.75, 3.05) is 13.1 Å². The molecule has 0 spiro atoms. The van der Waals surface area contributed by atoms with Gasteiger partial charge in [-0.2, -0.15) is 0 Å². The summed E-state index contributed by atoms with van der Waals surface area (Å²) in [7, 11) is 0. The Hall–Kier alpha value is -0.610. The van der Waals surface area contributed by atoms with Crippen LogP contribution in [0.2, 0.25) is 0 Å². The molecular weight excluding hydrogens is 280 g/mol. The summed E-state index contributed by atoms with van der Waals surface area (Å²) in [5.41, 5.74) is 0.951. The molecule has 1 N–H and O–H groups in total. The first kappa shape index (κ1) is 12.8. The van der Waals surface area contributed by atoms with Gasteiger partial charge >= 0.3 is 0 Å². The van der Waals surface area contributed by atoms with Gasteiger partial charge < -0.3 is 9.88 Å². The van der Waals surface area contributed by atoms with E-state index in [4.69, 9.17) is 0 Å². The Bertz CT molecular complexity index is 436. The van der Waals surface area contributed by atoms with E-state index in [1.54, 1.807) is 0 Å². The minimum absolute atomic E-state index is 0.141. The normalized spacial score (nSPS) is 17.3. The zero-order valence-corrected chi connectivity index (χ0v) is 11.8. The van der Waals surface area contributed by atoms with E-state index in [1.807, 2.05) is 23.8 Å². The third kappa shape index (κ3) is 3.42. The Morgan fingerprint density at radius 2 is 2.18 bits per heavy atom. The van der Waals surface area contributed by atoms with Crippen LogP contribution in [-0.4, -0.2) is 17.7 Å². The minimum atomic E-state index is 0.141. The van der Waals surface area contributed by atoms with Crippen LogP contribution < -0.4 is 10.9 Å². The summed E-state index contributed by atoms with van der Waals surface area (Å²) in [5, 5.41) is 3.37. The van der Waals surface area contributed by atoms with Crippen molar-refractivity contribution in [3.8, 4) is 0 Å². The van der Waals surface area contributed by atoms with Crippen LogP contribution in [0.3, 0.4) is 0 Å². The predicted octanol–water partition coefficient (Wildman–Crippen LogP) is 2.31. The lowest BCUT2D eigenvalue weighted by atomic mass is 9.95. The van der Waals surface area contributed by atoms with Crippen molar-refractivity contribution in [1.29, 1.82) is 0 Å². The van der Waals surface area contributed by atoms with Gasteiger partial charge in [-0.15, -0.1) is 0 Å². The fourth-order valence-corrected chi connectivity index (χ4v) is 2.99. The fourth-order valence-electron chi connectivity index (χ4n) is 2.40. The SMILES string of the molecule is Cc1cc(Br)cn(CCC2CCNCC2)c1=O. The zero-order valence-electron chi connectivity index (χ0n) is 10.2. The lowest BCUT2D eigenvalue weighted by Crippen LogP contribution is -2.29. The van der Waals surface area contributed by atoms with E-state index in [0.29, 0.717) is 0 Å². The first-order valence-electron chi connectivity index (χ1n) is 6.24. The Morgan fingerprint density at radius 1 is 1.47 bits per heavy atom. The Kier molecular flexibility index (Phi) is 4.40. The van der Waals surface area contributed by atoms with Gasteiger partial charge in [-0.1, -0.05) is 0 Å². The summed E-state index contributed by atoms with van der Waals surface area (Å²) < 4.78 is 2.82. The molecule has 2 rings (SSSR count). The molecule has 1 aliphatic rings. The third-order valence-electron chi connectivity index (χ3n) is 3.47. The van der Waals surface area contributed by atoms with Crippen LogP contribution in [0.25, 0.3) is 0 Å². The van der Waals surface area contributed by atoms with Crippen LogP contribution in [0.4, 0.5) is 0 Å². The summed E-state index contributed by atoms with van der Waals surface area (Å²) in [6.45, 7) is 4.95. The van der Waals surface area contributed by atoms with E-state index < -0.39 is 0 Å². The number of piperidine rings is 1. The van der Waals surface area contributed by atoms with Crippen LogP contribution >= 0.6 is 15.9 Å². The van der Waals surface area contributed by atoms with Crippen LogP contribution in [0, 0.1) is 12.8 Å². The van der Waals surface area contributed by atoms with Gasteiger partial charge in [0.1, 0.15) is 0 Å². The second-order valence-corrected chi connectivity index (χ2v) is 5.74. The topological polar surface area (TPSA) is 34.0 Å². The molecule has 17 heavy (non-hydrogen) atoms. The number of nitrogens with one attached hydrogen (secondary N) is 1. The number of pyridine rings is 1. The smallest absolute Gasteiger partial charge is 0.253 e. The maximum absolute atomic E-state index is 11.9. The molecule has 3 nitrogen and oxygen atoms in total. The number of aromatic nitrogens is 1. The van der Waals surface area contributed by atoms with Crippen molar-refractivity contribution in [3.05, 3.63) is 32.7 Å². The van der Waals surface area contributed by atoms with Crippen molar-refractivity contribution < 1.29 is 0 Å². The highest BCUT2D eigenvalue weighted by molar-refractivity contribution is 9.10.